The Hall–Kier alpha value is -5.72. The van der Waals surface area contributed by atoms with E-state index in [4.69, 9.17) is 0 Å². The van der Waals surface area contributed by atoms with Gasteiger partial charge in [-0.05, 0) is 104 Å². The third-order valence-electron chi connectivity index (χ3n) is 10.8. The van der Waals surface area contributed by atoms with Crippen LogP contribution in [0.3, 0.4) is 0 Å². The molecule has 47 heavy (non-hydrogen) atoms. The Morgan fingerprint density at radius 2 is 0.830 bits per heavy atom. The van der Waals surface area contributed by atoms with Crippen LogP contribution in [0.5, 0.6) is 0 Å². The highest BCUT2D eigenvalue weighted by Crippen LogP contribution is 2.56. The molecule has 0 radical (unpaired) electrons. The fraction of sp³-hybridized carbons (Fsp3) is 0.0638. The number of hydrogen-bond donors (Lipinski definition) is 0. The molecule has 0 nitrogen and oxygen atoms in total. The smallest absolute Gasteiger partial charge is 0.0165 e. The standard InChI is InChI=1S/C47H32/c1-47(2)42-25-13-24-39(45(42)40-27-26-29-14-3-6-17-32(29)46(40)47)43-35-20-9-11-22-37(35)44(38-23-12-10-21-36(38)43)41-28-30-15-4-5-16-31(30)33-18-7-8-19-34(33)41/h3-28H,1-2H3. The van der Waals surface area contributed by atoms with Gasteiger partial charge in [-0.3, -0.25) is 0 Å². The third kappa shape index (κ3) is 3.59. The predicted molar refractivity (Wildman–Crippen MR) is 202 cm³/mol. The van der Waals surface area contributed by atoms with E-state index in [-0.39, 0.29) is 5.41 Å². The SMILES string of the molecule is CC1(C)c2cccc(-c3c4ccccc4c(-c4cc5ccccc5c5ccccc45)c4ccccc34)c2-c2ccc3ccccc3c21. The van der Waals surface area contributed by atoms with Gasteiger partial charge in [-0.25, -0.2) is 0 Å². The molecule has 1 aliphatic rings. The van der Waals surface area contributed by atoms with Crippen LogP contribution in [-0.2, 0) is 5.41 Å². The first-order valence-electron chi connectivity index (χ1n) is 16.6. The summed E-state index contributed by atoms with van der Waals surface area (Å²) < 4.78 is 0. The summed E-state index contributed by atoms with van der Waals surface area (Å²) in [5, 5.41) is 13.0. The molecule has 0 aromatic heterocycles. The van der Waals surface area contributed by atoms with Crippen molar-refractivity contribution in [2.75, 3.05) is 0 Å². The van der Waals surface area contributed by atoms with E-state index in [2.05, 4.69) is 172 Å². The number of benzene rings is 9. The van der Waals surface area contributed by atoms with E-state index in [9.17, 15) is 0 Å². The highest BCUT2D eigenvalue weighted by Gasteiger charge is 2.38. The molecule has 9 aromatic carbocycles. The normalized spacial score (nSPS) is 13.5. The number of hydrogen-bond acceptors (Lipinski definition) is 0. The summed E-state index contributed by atoms with van der Waals surface area (Å²) >= 11 is 0. The molecular formula is C47H32. The molecule has 9 aromatic rings. The van der Waals surface area contributed by atoms with Gasteiger partial charge in [0.05, 0.1) is 0 Å². The van der Waals surface area contributed by atoms with Gasteiger partial charge in [-0.15, -0.1) is 0 Å². The minimum Gasteiger partial charge on any atom is -0.0616 e. The second-order valence-corrected chi connectivity index (χ2v) is 13.6. The fourth-order valence-electron chi connectivity index (χ4n) is 8.83. The van der Waals surface area contributed by atoms with Crippen molar-refractivity contribution in [3.63, 3.8) is 0 Å². The van der Waals surface area contributed by atoms with Gasteiger partial charge in [0.1, 0.15) is 0 Å². The molecule has 0 atom stereocenters. The van der Waals surface area contributed by atoms with E-state index in [1.165, 1.54) is 98.4 Å². The van der Waals surface area contributed by atoms with E-state index in [1.54, 1.807) is 0 Å². The van der Waals surface area contributed by atoms with Crippen molar-refractivity contribution < 1.29 is 0 Å². The maximum atomic E-state index is 2.41. The molecule has 0 spiro atoms. The molecule has 0 heteroatoms. The van der Waals surface area contributed by atoms with Crippen molar-refractivity contribution in [1.29, 1.82) is 0 Å². The Kier molecular flexibility index (Phi) is 5.44. The minimum atomic E-state index is -0.114. The average molecular weight is 597 g/mol. The zero-order valence-electron chi connectivity index (χ0n) is 26.5. The number of fused-ring (bicyclic) bond motifs is 10. The van der Waals surface area contributed by atoms with Crippen molar-refractivity contribution in [3.8, 4) is 33.4 Å². The molecule has 0 unspecified atom stereocenters. The van der Waals surface area contributed by atoms with Crippen LogP contribution in [0.15, 0.2) is 158 Å². The van der Waals surface area contributed by atoms with Crippen LogP contribution in [0.25, 0.3) is 87.2 Å². The first-order valence-corrected chi connectivity index (χ1v) is 16.6. The maximum Gasteiger partial charge on any atom is 0.0165 e. The Morgan fingerprint density at radius 1 is 0.319 bits per heavy atom. The second kappa shape index (κ2) is 9.64. The van der Waals surface area contributed by atoms with Crippen molar-refractivity contribution in [2.45, 2.75) is 19.3 Å². The van der Waals surface area contributed by atoms with Crippen LogP contribution < -0.4 is 0 Å². The fourth-order valence-corrected chi connectivity index (χ4v) is 8.83. The average Bonchev–Trinajstić information content (AvgIpc) is 3.37. The van der Waals surface area contributed by atoms with Crippen LogP contribution in [-0.4, -0.2) is 0 Å². The molecule has 0 heterocycles. The highest BCUT2D eigenvalue weighted by atomic mass is 14.4. The lowest BCUT2D eigenvalue weighted by Gasteiger charge is -2.24. The first kappa shape index (κ1) is 26.5. The van der Waals surface area contributed by atoms with Gasteiger partial charge in [-0.1, -0.05) is 166 Å². The molecule has 0 amide bonds. The summed E-state index contributed by atoms with van der Waals surface area (Å²) in [6.07, 6.45) is 0. The van der Waals surface area contributed by atoms with Crippen molar-refractivity contribution in [3.05, 3.63) is 169 Å². The molecule has 0 fully saturated rings. The van der Waals surface area contributed by atoms with Gasteiger partial charge in [0.15, 0.2) is 0 Å². The maximum absolute atomic E-state index is 2.41. The van der Waals surface area contributed by atoms with E-state index in [0.29, 0.717) is 0 Å². The van der Waals surface area contributed by atoms with Crippen molar-refractivity contribution in [2.24, 2.45) is 0 Å². The summed E-state index contributed by atoms with van der Waals surface area (Å²) in [7, 11) is 0. The Labute approximate surface area is 274 Å². The summed E-state index contributed by atoms with van der Waals surface area (Å²) in [5.41, 5.74) is 10.7. The largest absolute Gasteiger partial charge is 0.0616 e. The molecule has 0 saturated carbocycles. The monoisotopic (exact) mass is 596 g/mol. The molecule has 0 N–H and O–H groups in total. The van der Waals surface area contributed by atoms with E-state index in [0.717, 1.165) is 0 Å². The quantitative estimate of drug-likeness (QED) is 0.138. The zero-order valence-corrected chi connectivity index (χ0v) is 26.5. The van der Waals surface area contributed by atoms with Crippen LogP contribution in [0.2, 0.25) is 0 Å². The van der Waals surface area contributed by atoms with Gasteiger partial charge >= 0.3 is 0 Å². The van der Waals surface area contributed by atoms with E-state index >= 15 is 0 Å². The number of rotatable bonds is 2. The van der Waals surface area contributed by atoms with Crippen LogP contribution in [0, 0.1) is 0 Å². The third-order valence-corrected chi connectivity index (χ3v) is 10.8. The van der Waals surface area contributed by atoms with Crippen LogP contribution >= 0.6 is 0 Å². The summed E-state index contributed by atoms with van der Waals surface area (Å²) in [6.45, 7) is 4.80. The Bertz CT molecular complexity index is 2700. The van der Waals surface area contributed by atoms with E-state index < -0.39 is 0 Å². The van der Waals surface area contributed by atoms with Gasteiger partial charge in [0, 0.05) is 5.41 Å². The lowest BCUT2D eigenvalue weighted by molar-refractivity contribution is 0.666. The molecule has 0 aliphatic heterocycles. The topological polar surface area (TPSA) is 0 Å². The van der Waals surface area contributed by atoms with Gasteiger partial charge < -0.3 is 0 Å². The van der Waals surface area contributed by atoms with Crippen LogP contribution in [0.1, 0.15) is 25.0 Å². The molecule has 10 rings (SSSR count). The van der Waals surface area contributed by atoms with Gasteiger partial charge in [0.2, 0.25) is 0 Å². The Balaban J connectivity index is 1.36. The van der Waals surface area contributed by atoms with Crippen molar-refractivity contribution >= 4 is 53.9 Å². The molecular weight excluding hydrogens is 565 g/mol. The lowest BCUT2D eigenvalue weighted by atomic mass is 9.79. The summed E-state index contributed by atoms with van der Waals surface area (Å²) in [6, 6.07) is 58.8. The second-order valence-electron chi connectivity index (χ2n) is 13.6. The molecule has 0 saturated heterocycles. The summed E-state index contributed by atoms with van der Waals surface area (Å²) in [5.74, 6) is 0. The predicted octanol–water partition coefficient (Wildman–Crippen LogP) is 13.1. The van der Waals surface area contributed by atoms with Crippen molar-refractivity contribution in [1.82, 2.24) is 0 Å². The first-order chi connectivity index (χ1) is 23.1. The molecule has 220 valence electrons. The summed E-state index contributed by atoms with van der Waals surface area (Å²) in [4.78, 5) is 0. The molecule has 1 aliphatic carbocycles. The lowest BCUT2D eigenvalue weighted by Crippen LogP contribution is -2.15. The Morgan fingerprint density at radius 3 is 1.49 bits per heavy atom. The zero-order chi connectivity index (χ0) is 31.3. The van der Waals surface area contributed by atoms with Gasteiger partial charge in [-0.2, -0.15) is 0 Å². The van der Waals surface area contributed by atoms with E-state index in [1.807, 2.05) is 0 Å². The van der Waals surface area contributed by atoms with Gasteiger partial charge in [0.25, 0.3) is 0 Å². The highest BCUT2D eigenvalue weighted by molar-refractivity contribution is 6.26. The minimum absolute atomic E-state index is 0.114. The molecule has 0 bridgehead atoms. The van der Waals surface area contributed by atoms with Crippen LogP contribution in [0.4, 0.5) is 0 Å².